The zero-order valence-corrected chi connectivity index (χ0v) is 13.2. The predicted octanol–water partition coefficient (Wildman–Crippen LogP) is 5.10. The van der Waals surface area contributed by atoms with E-state index < -0.39 is 11.8 Å². The van der Waals surface area contributed by atoms with E-state index in [1.807, 2.05) is 0 Å². The number of anilines is 1. The van der Waals surface area contributed by atoms with Crippen molar-refractivity contribution in [2.45, 2.75) is 0 Å². The fourth-order valence-corrected chi connectivity index (χ4v) is 2.83. The van der Waals surface area contributed by atoms with Gasteiger partial charge in [-0.3, -0.25) is 9.59 Å². The molecule has 0 aromatic heterocycles. The lowest BCUT2D eigenvalue weighted by atomic mass is 10.1. The van der Waals surface area contributed by atoms with E-state index in [0.29, 0.717) is 0 Å². The first-order chi connectivity index (χ1) is 9.91. The minimum absolute atomic E-state index is 0.130. The Bertz CT molecular complexity index is 763. The van der Waals surface area contributed by atoms with Crippen molar-refractivity contribution >= 4 is 63.9 Å². The van der Waals surface area contributed by atoms with Crippen LogP contribution in [0.1, 0.15) is 20.7 Å². The van der Waals surface area contributed by atoms with Gasteiger partial charge in [-0.25, -0.2) is 4.90 Å². The minimum atomic E-state index is -0.516. The van der Waals surface area contributed by atoms with Gasteiger partial charge in [0.2, 0.25) is 0 Å². The molecular formula is C14H5Cl4NO2. The molecule has 0 N–H and O–H groups in total. The summed E-state index contributed by atoms with van der Waals surface area (Å²) in [7, 11) is 0. The lowest BCUT2D eigenvalue weighted by molar-refractivity contribution is 0.0926. The van der Waals surface area contributed by atoms with Crippen molar-refractivity contribution in [2.24, 2.45) is 0 Å². The molecule has 0 atom stereocenters. The quantitative estimate of drug-likeness (QED) is 0.663. The SMILES string of the molecule is O=C1c2cc(Cl)c(Cl)cc2C(=O)N1c1cccc(Cl)c1Cl. The van der Waals surface area contributed by atoms with Gasteiger partial charge in [0.05, 0.1) is 36.9 Å². The van der Waals surface area contributed by atoms with Gasteiger partial charge in [-0.05, 0) is 24.3 Å². The number of hydrogen-bond donors (Lipinski definition) is 0. The van der Waals surface area contributed by atoms with Crippen molar-refractivity contribution in [2.75, 3.05) is 4.90 Å². The maximum Gasteiger partial charge on any atom is 0.266 e. The second kappa shape index (κ2) is 5.18. The average Bonchev–Trinajstić information content (AvgIpc) is 2.67. The Morgan fingerprint density at radius 3 is 1.81 bits per heavy atom. The van der Waals surface area contributed by atoms with Crippen LogP contribution in [0.25, 0.3) is 0 Å². The summed E-state index contributed by atoms with van der Waals surface area (Å²) in [6, 6.07) is 7.46. The summed E-state index contributed by atoms with van der Waals surface area (Å²) in [6.45, 7) is 0. The molecule has 106 valence electrons. The van der Waals surface area contributed by atoms with E-state index in [1.54, 1.807) is 18.2 Å². The fraction of sp³-hybridized carbons (Fsp3) is 0. The van der Waals surface area contributed by atoms with E-state index >= 15 is 0 Å². The minimum Gasteiger partial charge on any atom is -0.268 e. The van der Waals surface area contributed by atoms with E-state index in [1.165, 1.54) is 12.1 Å². The van der Waals surface area contributed by atoms with Crippen LogP contribution in [-0.2, 0) is 0 Å². The van der Waals surface area contributed by atoms with Crippen molar-refractivity contribution in [1.29, 1.82) is 0 Å². The van der Waals surface area contributed by atoms with Gasteiger partial charge >= 0.3 is 0 Å². The molecule has 3 rings (SSSR count). The highest BCUT2D eigenvalue weighted by atomic mass is 35.5. The topological polar surface area (TPSA) is 37.4 Å². The second-order valence-electron chi connectivity index (χ2n) is 4.33. The van der Waals surface area contributed by atoms with E-state index in [0.717, 1.165) is 4.90 Å². The van der Waals surface area contributed by atoms with Crippen molar-refractivity contribution < 1.29 is 9.59 Å². The van der Waals surface area contributed by atoms with Crippen LogP contribution in [0, 0.1) is 0 Å². The van der Waals surface area contributed by atoms with Crippen LogP contribution in [0.15, 0.2) is 30.3 Å². The number of amides is 2. The van der Waals surface area contributed by atoms with Gasteiger partial charge in [0.25, 0.3) is 11.8 Å². The third-order valence-corrected chi connectivity index (χ3v) is 4.63. The molecule has 0 radical (unpaired) electrons. The van der Waals surface area contributed by atoms with Crippen LogP contribution >= 0.6 is 46.4 Å². The fourth-order valence-electron chi connectivity index (χ4n) is 2.12. The first-order valence-corrected chi connectivity index (χ1v) is 7.25. The van der Waals surface area contributed by atoms with Crippen LogP contribution in [0.3, 0.4) is 0 Å². The Hall–Kier alpha value is -1.26. The largest absolute Gasteiger partial charge is 0.268 e. The summed E-state index contributed by atoms with van der Waals surface area (Å²) in [5.41, 5.74) is 0.596. The van der Waals surface area contributed by atoms with Gasteiger partial charge in [-0.2, -0.15) is 0 Å². The number of nitrogens with zero attached hydrogens (tertiary/aromatic N) is 1. The van der Waals surface area contributed by atoms with Crippen molar-refractivity contribution in [3.63, 3.8) is 0 Å². The predicted molar refractivity (Wildman–Crippen MR) is 84.1 cm³/mol. The molecule has 2 aromatic carbocycles. The highest BCUT2D eigenvalue weighted by molar-refractivity contribution is 6.47. The summed E-state index contributed by atoms with van der Waals surface area (Å²) in [6.07, 6.45) is 0. The van der Waals surface area contributed by atoms with Gasteiger partial charge < -0.3 is 0 Å². The zero-order chi connectivity index (χ0) is 15.3. The Labute approximate surface area is 140 Å². The molecule has 0 aliphatic carbocycles. The number of halogens is 4. The smallest absolute Gasteiger partial charge is 0.266 e. The molecule has 2 aromatic rings. The number of rotatable bonds is 1. The van der Waals surface area contributed by atoms with Gasteiger partial charge in [0.1, 0.15) is 0 Å². The highest BCUT2D eigenvalue weighted by Gasteiger charge is 2.38. The summed E-state index contributed by atoms with van der Waals surface area (Å²) in [4.78, 5) is 25.8. The molecular weight excluding hydrogens is 356 g/mol. The summed E-state index contributed by atoms with van der Waals surface area (Å²) >= 11 is 23.8. The molecule has 2 amide bonds. The maximum absolute atomic E-state index is 12.4. The van der Waals surface area contributed by atoms with E-state index in [9.17, 15) is 9.59 Å². The second-order valence-corrected chi connectivity index (χ2v) is 5.93. The highest BCUT2D eigenvalue weighted by Crippen LogP contribution is 2.38. The van der Waals surface area contributed by atoms with Crippen LogP contribution in [0.2, 0.25) is 20.1 Å². The van der Waals surface area contributed by atoms with Gasteiger partial charge in [0.15, 0.2) is 0 Å². The maximum atomic E-state index is 12.4. The molecule has 0 unspecified atom stereocenters. The van der Waals surface area contributed by atoms with Crippen LogP contribution < -0.4 is 4.90 Å². The number of hydrogen-bond acceptors (Lipinski definition) is 2. The average molecular weight is 361 g/mol. The zero-order valence-electron chi connectivity index (χ0n) is 10.2. The van der Waals surface area contributed by atoms with Crippen LogP contribution in [0.4, 0.5) is 5.69 Å². The van der Waals surface area contributed by atoms with Gasteiger partial charge in [-0.15, -0.1) is 0 Å². The van der Waals surface area contributed by atoms with E-state index in [-0.39, 0.29) is 36.9 Å². The molecule has 1 heterocycles. The Morgan fingerprint density at radius 2 is 1.29 bits per heavy atom. The molecule has 3 nitrogen and oxygen atoms in total. The number of fused-ring (bicyclic) bond motifs is 1. The van der Waals surface area contributed by atoms with Crippen molar-refractivity contribution in [3.05, 3.63) is 61.5 Å². The third kappa shape index (κ3) is 2.21. The van der Waals surface area contributed by atoms with Crippen molar-refractivity contribution in [3.8, 4) is 0 Å². The standard InChI is InChI=1S/C14H5Cl4NO2/c15-8-2-1-3-11(12(8)18)19-13(20)6-4-9(16)10(17)5-7(6)14(19)21/h1-5H. The van der Waals surface area contributed by atoms with E-state index in [2.05, 4.69) is 0 Å². The molecule has 0 saturated heterocycles. The number of imide groups is 1. The molecule has 1 aliphatic heterocycles. The molecule has 1 aliphatic rings. The molecule has 7 heteroatoms. The molecule has 0 saturated carbocycles. The van der Waals surface area contributed by atoms with E-state index in [4.69, 9.17) is 46.4 Å². The lowest BCUT2D eigenvalue weighted by Crippen LogP contribution is -2.29. The molecule has 21 heavy (non-hydrogen) atoms. The Morgan fingerprint density at radius 1 is 0.762 bits per heavy atom. The van der Waals surface area contributed by atoms with Crippen LogP contribution in [0.5, 0.6) is 0 Å². The number of carbonyl (C=O) groups excluding carboxylic acids is 2. The Balaban J connectivity index is 2.18. The molecule has 0 bridgehead atoms. The Kier molecular flexibility index (Phi) is 3.62. The molecule has 0 fully saturated rings. The number of benzene rings is 2. The summed E-state index contributed by atoms with van der Waals surface area (Å²) in [5, 5.41) is 0.791. The monoisotopic (exact) mass is 359 g/mol. The number of carbonyl (C=O) groups is 2. The van der Waals surface area contributed by atoms with Gasteiger partial charge in [0, 0.05) is 0 Å². The van der Waals surface area contributed by atoms with Crippen molar-refractivity contribution in [1.82, 2.24) is 0 Å². The first kappa shape index (κ1) is 14.7. The third-order valence-electron chi connectivity index (χ3n) is 3.10. The summed E-state index contributed by atoms with van der Waals surface area (Å²) < 4.78 is 0. The normalized spacial score (nSPS) is 13.8. The van der Waals surface area contributed by atoms with Crippen LogP contribution in [-0.4, -0.2) is 11.8 Å². The first-order valence-electron chi connectivity index (χ1n) is 5.73. The summed E-state index contributed by atoms with van der Waals surface area (Å²) in [5.74, 6) is -1.03. The van der Waals surface area contributed by atoms with Gasteiger partial charge in [-0.1, -0.05) is 52.5 Å². The molecule has 0 spiro atoms. The lowest BCUT2D eigenvalue weighted by Gasteiger charge is -2.15.